The second-order valence-electron chi connectivity index (χ2n) is 5.84. The van der Waals surface area contributed by atoms with Crippen LogP contribution in [-0.2, 0) is 0 Å². The molecule has 1 heterocycles. The van der Waals surface area contributed by atoms with E-state index < -0.39 is 0 Å². The van der Waals surface area contributed by atoms with Gasteiger partial charge in [0.05, 0.1) is 7.11 Å². The highest BCUT2D eigenvalue weighted by Gasteiger charge is 2.21. The molecule has 20 heavy (non-hydrogen) atoms. The van der Waals surface area contributed by atoms with Gasteiger partial charge in [0, 0.05) is 25.2 Å². The van der Waals surface area contributed by atoms with E-state index in [2.05, 4.69) is 29.8 Å². The number of rotatable bonds is 4. The average molecular weight is 277 g/mol. The van der Waals surface area contributed by atoms with Crippen LogP contribution in [0, 0.1) is 0 Å². The molecule has 2 N–H and O–H groups in total. The molecule has 1 aliphatic heterocycles. The summed E-state index contributed by atoms with van der Waals surface area (Å²) in [5.41, 5.74) is 7.53. The summed E-state index contributed by atoms with van der Waals surface area (Å²) >= 11 is 0. The van der Waals surface area contributed by atoms with Crippen molar-refractivity contribution in [2.24, 2.45) is 5.73 Å². The van der Waals surface area contributed by atoms with Crippen molar-refractivity contribution in [2.45, 2.75) is 25.4 Å². The van der Waals surface area contributed by atoms with E-state index in [1.807, 2.05) is 18.2 Å². The molecule has 0 spiro atoms. The number of methoxy groups -OCH3 is 1. The van der Waals surface area contributed by atoms with Crippen LogP contribution in [0.5, 0.6) is 5.75 Å². The van der Waals surface area contributed by atoms with E-state index in [0.717, 1.165) is 30.9 Å². The third-order valence-corrected chi connectivity index (χ3v) is 4.14. The average Bonchev–Trinajstić information content (AvgIpc) is 2.60. The summed E-state index contributed by atoms with van der Waals surface area (Å²) in [5.74, 6) is 0.876. The molecule has 1 aromatic rings. The van der Waals surface area contributed by atoms with Crippen LogP contribution in [0.4, 0.5) is 0 Å². The third-order valence-electron chi connectivity index (χ3n) is 4.14. The summed E-state index contributed by atoms with van der Waals surface area (Å²) in [6.45, 7) is 6.62. The lowest BCUT2D eigenvalue weighted by Gasteiger charge is -2.30. The van der Waals surface area contributed by atoms with Crippen LogP contribution < -0.4 is 10.5 Å². The van der Waals surface area contributed by atoms with Gasteiger partial charge in [-0.1, -0.05) is 12.1 Å². The number of likely N-dealkylation sites (N-methyl/N-ethyl adjacent to an activating group) is 1. The Morgan fingerprint density at radius 2 is 2.20 bits per heavy atom. The van der Waals surface area contributed by atoms with Crippen molar-refractivity contribution in [1.82, 2.24) is 9.80 Å². The van der Waals surface area contributed by atoms with Crippen LogP contribution in [0.2, 0.25) is 0 Å². The normalized spacial score (nSPS) is 23.3. The smallest absolute Gasteiger partial charge is 0.119 e. The predicted octanol–water partition coefficient (Wildman–Crippen LogP) is 1.72. The third kappa shape index (κ3) is 3.95. The zero-order chi connectivity index (χ0) is 14.5. The number of nitrogens with zero attached hydrogens (tertiary/aromatic N) is 2. The van der Waals surface area contributed by atoms with Crippen LogP contribution in [-0.4, -0.2) is 56.2 Å². The molecule has 0 aliphatic carbocycles. The van der Waals surface area contributed by atoms with E-state index in [1.165, 1.54) is 13.0 Å². The molecule has 0 aromatic heterocycles. The Hall–Kier alpha value is -1.10. The van der Waals surface area contributed by atoms with Crippen molar-refractivity contribution >= 4 is 0 Å². The largest absolute Gasteiger partial charge is 0.497 e. The zero-order valence-electron chi connectivity index (χ0n) is 12.9. The summed E-state index contributed by atoms with van der Waals surface area (Å²) in [6.07, 6.45) is 1.21. The molecule has 1 aliphatic rings. The first-order valence-electron chi connectivity index (χ1n) is 7.42. The molecule has 0 saturated carbocycles. The van der Waals surface area contributed by atoms with Gasteiger partial charge in [0.25, 0.3) is 0 Å². The molecule has 2 atom stereocenters. The zero-order valence-corrected chi connectivity index (χ0v) is 12.9. The Balaban J connectivity index is 2.00. The topological polar surface area (TPSA) is 41.7 Å². The Kier molecular flexibility index (Phi) is 5.40. The van der Waals surface area contributed by atoms with Gasteiger partial charge in [-0.25, -0.2) is 0 Å². The Bertz CT molecular complexity index is 424. The lowest BCUT2D eigenvalue weighted by atomic mass is 10.1. The minimum atomic E-state index is 0.0379. The van der Waals surface area contributed by atoms with E-state index in [9.17, 15) is 0 Å². The van der Waals surface area contributed by atoms with Gasteiger partial charge >= 0.3 is 0 Å². The second kappa shape index (κ2) is 7.07. The van der Waals surface area contributed by atoms with Crippen LogP contribution in [0.15, 0.2) is 24.3 Å². The quantitative estimate of drug-likeness (QED) is 0.910. The summed E-state index contributed by atoms with van der Waals surface area (Å²) in [5, 5.41) is 0. The minimum Gasteiger partial charge on any atom is -0.497 e. The van der Waals surface area contributed by atoms with Gasteiger partial charge in [-0.2, -0.15) is 0 Å². The maximum atomic E-state index is 6.39. The predicted molar refractivity (Wildman–Crippen MR) is 83.1 cm³/mol. The maximum absolute atomic E-state index is 6.39. The van der Waals surface area contributed by atoms with Crippen molar-refractivity contribution < 1.29 is 4.74 Å². The Morgan fingerprint density at radius 3 is 2.95 bits per heavy atom. The van der Waals surface area contributed by atoms with Gasteiger partial charge in [-0.05, 0) is 51.2 Å². The molecule has 2 unspecified atom stereocenters. The summed E-state index contributed by atoms with van der Waals surface area (Å²) in [4.78, 5) is 4.91. The van der Waals surface area contributed by atoms with Gasteiger partial charge in [-0.15, -0.1) is 0 Å². The van der Waals surface area contributed by atoms with Gasteiger partial charge in [0.1, 0.15) is 5.75 Å². The van der Waals surface area contributed by atoms with E-state index >= 15 is 0 Å². The molecular weight excluding hydrogens is 250 g/mol. The first-order valence-corrected chi connectivity index (χ1v) is 7.42. The molecule has 2 rings (SSSR count). The molecule has 0 bridgehead atoms. The van der Waals surface area contributed by atoms with E-state index in [4.69, 9.17) is 10.5 Å². The molecule has 4 heteroatoms. The minimum absolute atomic E-state index is 0.0379. The Labute approximate surface area is 122 Å². The summed E-state index contributed by atoms with van der Waals surface area (Å²) < 4.78 is 5.27. The first-order chi connectivity index (χ1) is 9.60. The first kappa shape index (κ1) is 15.3. The number of hydrogen-bond acceptors (Lipinski definition) is 4. The van der Waals surface area contributed by atoms with E-state index in [-0.39, 0.29) is 6.04 Å². The summed E-state index contributed by atoms with van der Waals surface area (Å²) in [7, 11) is 3.89. The number of nitrogens with two attached hydrogens (primary N) is 1. The van der Waals surface area contributed by atoms with Crippen molar-refractivity contribution in [1.29, 1.82) is 0 Å². The monoisotopic (exact) mass is 277 g/mol. The van der Waals surface area contributed by atoms with Crippen molar-refractivity contribution in [3.8, 4) is 5.75 Å². The highest BCUT2D eigenvalue weighted by molar-refractivity contribution is 5.30. The lowest BCUT2D eigenvalue weighted by Crippen LogP contribution is -2.41. The SMILES string of the molecule is COc1cccc(C(N)CN2CCCN(C)CC2C)c1. The van der Waals surface area contributed by atoms with Gasteiger partial charge in [-0.3, -0.25) is 4.90 Å². The van der Waals surface area contributed by atoms with Gasteiger partial charge < -0.3 is 15.4 Å². The molecule has 4 nitrogen and oxygen atoms in total. The number of ether oxygens (including phenoxy) is 1. The molecule has 0 amide bonds. The molecule has 1 fully saturated rings. The van der Waals surface area contributed by atoms with Crippen molar-refractivity contribution in [3.63, 3.8) is 0 Å². The molecule has 1 aromatic carbocycles. The fourth-order valence-electron chi connectivity index (χ4n) is 2.92. The van der Waals surface area contributed by atoms with Crippen molar-refractivity contribution in [3.05, 3.63) is 29.8 Å². The molecular formula is C16H27N3O. The fourth-order valence-corrected chi connectivity index (χ4v) is 2.92. The summed E-state index contributed by atoms with van der Waals surface area (Å²) in [6, 6.07) is 8.68. The van der Waals surface area contributed by atoms with E-state index in [1.54, 1.807) is 7.11 Å². The highest BCUT2D eigenvalue weighted by atomic mass is 16.5. The standard InChI is InChI=1S/C16H27N3O/c1-13-11-18(2)8-5-9-19(13)12-16(17)14-6-4-7-15(10-14)20-3/h4,6-7,10,13,16H,5,8-9,11-12,17H2,1-3H3. The molecule has 1 saturated heterocycles. The number of benzene rings is 1. The van der Waals surface area contributed by atoms with E-state index in [0.29, 0.717) is 6.04 Å². The fraction of sp³-hybridized carbons (Fsp3) is 0.625. The molecule has 0 radical (unpaired) electrons. The Morgan fingerprint density at radius 1 is 1.40 bits per heavy atom. The number of hydrogen-bond donors (Lipinski definition) is 1. The van der Waals surface area contributed by atoms with Gasteiger partial charge in [0.15, 0.2) is 0 Å². The maximum Gasteiger partial charge on any atom is 0.119 e. The van der Waals surface area contributed by atoms with Crippen LogP contribution in [0.1, 0.15) is 24.9 Å². The van der Waals surface area contributed by atoms with Crippen LogP contribution >= 0.6 is 0 Å². The van der Waals surface area contributed by atoms with Crippen LogP contribution in [0.3, 0.4) is 0 Å². The van der Waals surface area contributed by atoms with Crippen molar-refractivity contribution in [2.75, 3.05) is 40.3 Å². The molecule has 112 valence electrons. The second-order valence-corrected chi connectivity index (χ2v) is 5.84. The van der Waals surface area contributed by atoms with Crippen LogP contribution in [0.25, 0.3) is 0 Å². The highest BCUT2D eigenvalue weighted by Crippen LogP contribution is 2.20. The van der Waals surface area contributed by atoms with Gasteiger partial charge in [0.2, 0.25) is 0 Å². The lowest BCUT2D eigenvalue weighted by molar-refractivity contribution is 0.192.